The van der Waals surface area contributed by atoms with Crippen LogP contribution in [0.3, 0.4) is 0 Å². The summed E-state index contributed by atoms with van der Waals surface area (Å²) in [5.41, 5.74) is -0.545. The molecule has 0 radical (unpaired) electrons. The molecule has 1 atom stereocenters. The van der Waals surface area contributed by atoms with Crippen molar-refractivity contribution in [3.8, 4) is 0 Å². The Labute approximate surface area is 98.9 Å². The number of rotatable bonds is 4. The predicted octanol–water partition coefficient (Wildman–Crippen LogP) is 2.50. The number of carbonyl (C=O) groups excluding carboxylic acids is 1. The van der Waals surface area contributed by atoms with E-state index in [2.05, 4.69) is 19.2 Å². The number of esters is 1. The molecule has 0 aromatic heterocycles. The number of carbonyl (C=O) groups is 1. The molecule has 1 aliphatic rings. The Bertz CT molecular complexity index is 234. The molecule has 1 unspecified atom stereocenters. The van der Waals surface area contributed by atoms with Crippen LogP contribution in [0.2, 0.25) is 0 Å². The zero-order valence-electron chi connectivity index (χ0n) is 11.0. The molecule has 1 aliphatic carbocycles. The van der Waals surface area contributed by atoms with Gasteiger partial charge in [0.1, 0.15) is 5.54 Å². The number of nitrogens with one attached hydrogen (secondary N) is 1. The van der Waals surface area contributed by atoms with Crippen LogP contribution in [0.1, 0.15) is 52.9 Å². The van der Waals surface area contributed by atoms with Crippen molar-refractivity contribution in [3.05, 3.63) is 0 Å². The van der Waals surface area contributed by atoms with Crippen LogP contribution in [-0.4, -0.2) is 24.7 Å². The van der Waals surface area contributed by atoms with Crippen LogP contribution < -0.4 is 5.32 Å². The lowest BCUT2D eigenvalue weighted by atomic mass is 9.85. The van der Waals surface area contributed by atoms with Gasteiger partial charge in [-0.05, 0) is 25.7 Å². The van der Waals surface area contributed by atoms with Crippen LogP contribution in [0.5, 0.6) is 0 Å². The fourth-order valence-electron chi connectivity index (χ4n) is 2.34. The molecule has 0 spiro atoms. The van der Waals surface area contributed by atoms with E-state index < -0.39 is 5.54 Å². The summed E-state index contributed by atoms with van der Waals surface area (Å²) in [6.45, 7) is 6.08. The lowest BCUT2D eigenvalue weighted by Gasteiger charge is -2.37. The van der Waals surface area contributed by atoms with Crippen molar-refractivity contribution >= 4 is 5.97 Å². The van der Waals surface area contributed by atoms with Gasteiger partial charge in [0.15, 0.2) is 0 Å². The lowest BCUT2D eigenvalue weighted by Crippen LogP contribution is -2.58. The number of hydrogen-bond acceptors (Lipinski definition) is 3. The SMILES string of the molecule is COC(=O)C(C)(NC1CCCCC1)C(C)C. The third-order valence-electron chi connectivity index (χ3n) is 3.87. The van der Waals surface area contributed by atoms with E-state index in [9.17, 15) is 4.79 Å². The van der Waals surface area contributed by atoms with Crippen molar-refractivity contribution in [1.82, 2.24) is 5.32 Å². The highest BCUT2D eigenvalue weighted by Gasteiger charge is 2.39. The maximum Gasteiger partial charge on any atom is 0.326 e. The van der Waals surface area contributed by atoms with Gasteiger partial charge in [0.25, 0.3) is 0 Å². The third kappa shape index (κ3) is 2.97. The normalized spacial score (nSPS) is 21.8. The van der Waals surface area contributed by atoms with Crippen molar-refractivity contribution in [2.75, 3.05) is 7.11 Å². The smallest absolute Gasteiger partial charge is 0.326 e. The molecule has 0 heterocycles. The van der Waals surface area contributed by atoms with Gasteiger partial charge in [0, 0.05) is 6.04 Å². The molecule has 1 N–H and O–H groups in total. The van der Waals surface area contributed by atoms with Crippen molar-refractivity contribution < 1.29 is 9.53 Å². The molecule has 3 nitrogen and oxygen atoms in total. The first kappa shape index (κ1) is 13.5. The highest BCUT2D eigenvalue weighted by molar-refractivity contribution is 5.80. The Balaban J connectivity index is 2.66. The summed E-state index contributed by atoms with van der Waals surface area (Å²) in [6, 6.07) is 0.472. The summed E-state index contributed by atoms with van der Waals surface area (Å²) in [4.78, 5) is 11.9. The summed E-state index contributed by atoms with van der Waals surface area (Å²) in [5, 5.41) is 3.51. The fourth-order valence-corrected chi connectivity index (χ4v) is 2.34. The van der Waals surface area contributed by atoms with Gasteiger partial charge in [0.2, 0.25) is 0 Å². The zero-order valence-corrected chi connectivity index (χ0v) is 11.0. The maximum absolute atomic E-state index is 11.9. The monoisotopic (exact) mass is 227 g/mol. The molecule has 0 saturated heterocycles. The van der Waals surface area contributed by atoms with Gasteiger partial charge in [-0.15, -0.1) is 0 Å². The van der Waals surface area contributed by atoms with Crippen LogP contribution in [0.4, 0.5) is 0 Å². The molecular formula is C13H25NO2. The van der Waals surface area contributed by atoms with Crippen molar-refractivity contribution in [3.63, 3.8) is 0 Å². The highest BCUT2D eigenvalue weighted by atomic mass is 16.5. The van der Waals surface area contributed by atoms with Gasteiger partial charge in [0.05, 0.1) is 7.11 Å². The number of methoxy groups -OCH3 is 1. The minimum Gasteiger partial charge on any atom is -0.468 e. The Morgan fingerprint density at radius 2 is 1.88 bits per heavy atom. The summed E-state index contributed by atoms with van der Waals surface area (Å²) in [6.07, 6.45) is 6.23. The standard InChI is InChI=1S/C13H25NO2/c1-10(2)13(3,12(15)16-4)14-11-8-6-5-7-9-11/h10-11,14H,5-9H2,1-4H3. The molecular weight excluding hydrogens is 202 g/mol. The molecule has 94 valence electrons. The van der Waals surface area contributed by atoms with Crippen molar-refractivity contribution in [2.45, 2.75) is 64.5 Å². The summed E-state index contributed by atoms with van der Waals surface area (Å²) < 4.78 is 4.92. The summed E-state index contributed by atoms with van der Waals surface area (Å²) in [7, 11) is 1.46. The summed E-state index contributed by atoms with van der Waals surface area (Å²) in [5.74, 6) is 0.0925. The lowest BCUT2D eigenvalue weighted by molar-refractivity contribution is -0.150. The largest absolute Gasteiger partial charge is 0.468 e. The molecule has 0 bridgehead atoms. The quantitative estimate of drug-likeness (QED) is 0.750. The van der Waals surface area contributed by atoms with E-state index in [4.69, 9.17) is 4.74 Å². The molecule has 16 heavy (non-hydrogen) atoms. The Hall–Kier alpha value is -0.570. The van der Waals surface area contributed by atoms with Gasteiger partial charge in [-0.2, -0.15) is 0 Å². The van der Waals surface area contributed by atoms with Gasteiger partial charge in [-0.3, -0.25) is 10.1 Å². The molecule has 1 saturated carbocycles. The van der Waals surface area contributed by atoms with Crippen LogP contribution in [0, 0.1) is 5.92 Å². The summed E-state index contributed by atoms with van der Waals surface area (Å²) >= 11 is 0. The fraction of sp³-hybridized carbons (Fsp3) is 0.923. The minimum atomic E-state index is -0.545. The maximum atomic E-state index is 11.9. The van der Waals surface area contributed by atoms with Crippen molar-refractivity contribution in [2.24, 2.45) is 5.92 Å². The Kier molecular flexibility index (Phi) is 4.78. The second-order valence-corrected chi connectivity index (χ2v) is 5.33. The van der Waals surface area contributed by atoms with E-state index in [1.54, 1.807) is 0 Å². The first-order valence-electron chi connectivity index (χ1n) is 6.37. The molecule has 3 heteroatoms. The Morgan fingerprint density at radius 3 is 2.31 bits per heavy atom. The highest BCUT2D eigenvalue weighted by Crippen LogP contribution is 2.24. The van der Waals surface area contributed by atoms with E-state index in [1.165, 1.54) is 39.2 Å². The van der Waals surface area contributed by atoms with Gasteiger partial charge >= 0.3 is 5.97 Å². The average molecular weight is 227 g/mol. The minimum absolute atomic E-state index is 0.145. The molecule has 1 fully saturated rings. The van der Waals surface area contributed by atoms with E-state index in [0.29, 0.717) is 6.04 Å². The van der Waals surface area contributed by atoms with E-state index in [-0.39, 0.29) is 11.9 Å². The van der Waals surface area contributed by atoms with Crippen LogP contribution in [0.25, 0.3) is 0 Å². The van der Waals surface area contributed by atoms with Crippen LogP contribution >= 0.6 is 0 Å². The van der Waals surface area contributed by atoms with Gasteiger partial charge < -0.3 is 4.74 Å². The number of hydrogen-bond donors (Lipinski definition) is 1. The van der Waals surface area contributed by atoms with Crippen LogP contribution in [-0.2, 0) is 9.53 Å². The van der Waals surface area contributed by atoms with Gasteiger partial charge in [-0.1, -0.05) is 33.1 Å². The number of ether oxygens (including phenoxy) is 1. The van der Waals surface area contributed by atoms with E-state index >= 15 is 0 Å². The predicted molar refractivity (Wildman–Crippen MR) is 65.3 cm³/mol. The molecule has 0 aliphatic heterocycles. The van der Waals surface area contributed by atoms with E-state index in [0.717, 1.165) is 0 Å². The zero-order chi connectivity index (χ0) is 12.2. The second-order valence-electron chi connectivity index (χ2n) is 5.33. The molecule has 1 rings (SSSR count). The molecule has 0 amide bonds. The van der Waals surface area contributed by atoms with E-state index in [1.807, 2.05) is 6.92 Å². The van der Waals surface area contributed by atoms with Crippen LogP contribution in [0.15, 0.2) is 0 Å². The van der Waals surface area contributed by atoms with Crippen molar-refractivity contribution in [1.29, 1.82) is 0 Å². The molecule has 0 aromatic carbocycles. The third-order valence-corrected chi connectivity index (χ3v) is 3.87. The second kappa shape index (κ2) is 5.67. The Morgan fingerprint density at radius 1 is 1.31 bits per heavy atom. The first-order chi connectivity index (χ1) is 7.50. The first-order valence-corrected chi connectivity index (χ1v) is 6.37. The molecule has 0 aromatic rings. The van der Waals surface area contributed by atoms with Gasteiger partial charge in [-0.25, -0.2) is 0 Å². The average Bonchev–Trinajstić information content (AvgIpc) is 2.28. The topological polar surface area (TPSA) is 38.3 Å².